The molecule has 0 atom stereocenters. The summed E-state index contributed by atoms with van der Waals surface area (Å²) < 4.78 is 1.75. The summed E-state index contributed by atoms with van der Waals surface area (Å²) in [6.45, 7) is 6.33. The minimum atomic E-state index is 0.197. The molecule has 2 rings (SSSR count). The lowest BCUT2D eigenvalue weighted by Crippen LogP contribution is -2.33. The second-order valence-corrected chi connectivity index (χ2v) is 6.06. The van der Waals surface area contributed by atoms with Gasteiger partial charge in [-0.05, 0) is 29.8 Å². The highest BCUT2D eigenvalue weighted by atomic mass is 32.2. The van der Waals surface area contributed by atoms with Gasteiger partial charge in [-0.3, -0.25) is 4.79 Å². The van der Waals surface area contributed by atoms with E-state index in [1.807, 2.05) is 4.90 Å². The number of likely N-dealkylation sites (tertiary alicyclic amines) is 1. The maximum Gasteiger partial charge on any atom is 0.233 e. The summed E-state index contributed by atoms with van der Waals surface area (Å²) in [7, 11) is 0. The van der Waals surface area contributed by atoms with E-state index in [0.717, 1.165) is 50.7 Å². The highest BCUT2D eigenvalue weighted by Crippen LogP contribution is 2.16. The first-order chi connectivity index (χ1) is 10.3. The monoisotopic (exact) mass is 312 g/mol. The molecule has 21 heavy (non-hydrogen) atoms. The van der Waals surface area contributed by atoms with Gasteiger partial charge in [-0.1, -0.05) is 31.5 Å². The lowest BCUT2D eigenvalue weighted by Gasteiger charge is -2.19. The number of rotatable bonds is 7. The van der Waals surface area contributed by atoms with Gasteiger partial charge in [-0.15, -0.1) is 5.10 Å². The molecule has 1 aromatic rings. The first kappa shape index (κ1) is 16.2. The van der Waals surface area contributed by atoms with Crippen LogP contribution in [0.15, 0.2) is 5.16 Å². The van der Waals surface area contributed by atoms with Crippen LogP contribution in [0.4, 0.5) is 0 Å². The summed E-state index contributed by atoms with van der Waals surface area (Å²) in [5.74, 6) is 0.616. The fourth-order valence-corrected chi connectivity index (χ4v) is 3.15. The molecule has 1 aliphatic heterocycles. The highest BCUT2D eigenvalue weighted by Gasteiger charge is 2.17. The van der Waals surface area contributed by atoms with E-state index in [1.165, 1.54) is 24.6 Å². The molecule has 0 bridgehead atoms. The first-order valence-electron chi connectivity index (χ1n) is 7.68. The van der Waals surface area contributed by atoms with Crippen LogP contribution >= 0.6 is 11.8 Å². The van der Waals surface area contributed by atoms with E-state index < -0.39 is 0 Å². The molecular formula is C13H24N6OS. The largest absolute Gasteiger partial charge is 0.342 e. The van der Waals surface area contributed by atoms with E-state index in [2.05, 4.69) is 27.8 Å². The van der Waals surface area contributed by atoms with Gasteiger partial charge in [0.1, 0.15) is 0 Å². The summed E-state index contributed by atoms with van der Waals surface area (Å²) in [6.07, 6.45) is 4.72. The zero-order chi connectivity index (χ0) is 14.9. The molecule has 2 heterocycles. The summed E-state index contributed by atoms with van der Waals surface area (Å²) in [4.78, 5) is 14.2. The van der Waals surface area contributed by atoms with Gasteiger partial charge in [0.15, 0.2) is 0 Å². The average molecular weight is 312 g/mol. The maximum atomic E-state index is 12.2. The lowest BCUT2D eigenvalue weighted by molar-refractivity contribution is -0.128. The summed E-state index contributed by atoms with van der Waals surface area (Å²) in [5, 5.41) is 15.6. The SMILES string of the molecule is CCNCCn1nnnc1SCC(=O)N1CCCCCC1. The minimum Gasteiger partial charge on any atom is -0.342 e. The quantitative estimate of drug-likeness (QED) is 0.592. The highest BCUT2D eigenvalue weighted by molar-refractivity contribution is 7.99. The first-order valence-corrected chi connectivity index (χ1v) is 8.67. The van der Waals surface area contributed by atoms with Crippen LogP contribution < -0.4 is 5.32 Å². The Labute approximate surface area is 129 Å². The van der Waals surface area contributed by atoms with E-state index in [4.69, 9.17) is 0 Å². The number of carbonyl (C=O) groups is 1. The van der Waals surface area contributed by atoms with Gasteiger partial charge in [0.25, 0.3) is 0 Å². The van der Waals surface area contributed by atoms with E-state index in [0.29, 0.717) is 5.75 Å². The second kappa shape index (κ2) is 8.99. The van der Waals surface area contributed by atoms with E-state index in [9.17, 15) is 4.79 Å². The van der Waals surface area contributed by atoms with Gasteiger partial charge in [-0.25, -0.2) is 4.68 Å². The van der Waals surface area contributed by atoms with Crippen LogP contribution in [0, 0.1) is 0 Å². The fourth-order valence-electron chi connectivity index (χ4n) is 2.34. The Hall–Kier alpha value is -1.15. The summed E-state index contributed by atoms with van der Waals surface area (Å²) >= 11 is 1.43. The number of likely N-dealkylation sites (N-methyl/N-ethyl adjacent to an activating group) is 1. The zero-order valence-electron chi connectivity index (χ0n) is 12.6. The molecule has 1 saturated heterocycles. The van der Waals surface area contributed by atoms with Gasteiger partial charge in [-0.2, -0.15) is 0 Å². The molecule has 1 aromatic heterocycles. The third-order valence-corrected chi connectivity index (χ3v) is 4.47. The van der Waals surface area contributed by atoms with Crippen molar-refractivity contribution in [2.45, 2.75) is 44.3 Å². The maximum absolute atomic E-state index is 12.2. The number of nitrogens with zero attached hydrogens (tertiary/aromatic N) is 5. The second-order valence-electron chi connectivity index (χ2n) is 5.12. The van der Waals surface area contributed by atoms with Crippen molar-refractivity contribution in [3.63, 3.8) is 0 Å². The van der Waals surface area contributed by atoms with Crippen LogP contribution in [0.5, 0.6) is 0 Å². The van der Waals surface area contributed by atoms with Crippen molar-refractivity contribution >= 4 is 17.7 Å². The molecule has 1 fully saturated rings. The Kier molecular flexibility index (Phi) is 6.94. The van der Waals surface area contributed by atoms with E-state index >= 15 is 0 Å². The summed E-state index contributed by atoms with van der Waals surface area (Å²) in [6, 6.07) is 0. The minimum absolute atomic E-state index is 0.197. The zero-order valence-corrected chi connectivity index (χ0v) is 13.4. The normalized spacial score (nSPS) is 16.0. The predicted molar refractivity (Wildman–Crippen MR) is 82.1 cm³/mol. The number of hydrogen-bond acceptors (Lipinski definition) is 6. The van der Waals surface area contributed by atoms with Crippen molar-refractivity contribution in [2.75, 3.05) is 31.9 Å². The molecule has 0 saturated carbocycles. The molecular weight excluding hydrogens is 288 g/mol. The Bertz CT molecular complexity index is 430. The number of amides is 1. The molecule has 0 unspecified atom stereocenters. The Morgan fingerprint density at radius 1 is 1.29 bits per heavy atom. The predicted octanol–water partition coefficient (Wildman–Crippen LogP) is 0.777. The Morgan fingerprint density at radius 2 is 2.05 bits per heavy atom. The molecule has 0 aromatic carbocycles. The molecule has 0 radical (unpaired) electrons. The number of aromatic nitrogens is 4. The molecule has 1 aliphatic rings. The van der Waals surface area contributed by atoms with Crippen molar-refractivity contribution in [3.8, 4) is 0 Å². The molecule has 8 heteroatoms. The van der Waals surface area contributed by atoms with Crippen LogP contribution in [0.2, 0.25) is 0 Å². The van der Waals surface area contributed by atoms with Gasteiger partial charge >= 0.3 is 0 Å². The summed E-state index contributed by atoms with van der Waals surface area (Å²) in [5.41, 5.74) is 0. The van der Waals surface area contributed by atoms with Crippen molar-refractivity contribution in [1.29, 1.82) is 0 Å². The molecule has 118 valence electrons. The topological polar surface area (TPSA) is 75.9 Å². The van der Waals surface area contributed by atoms with Gasteiger partial charge in [0.2, 0.25) is 11.1 Å². The third-order valence-electron chi connectivity index (χ3n) is 3.53. The lowest BCUT2D eigenvalue weighted by atomic mass is 10.2. The number of thioether (sulfide) groups is 1. The van der Waals surface area contributed by atoms with Crippen molar-refractivity contribution in [3.05, 3.63) is 0 Å². The van der Waals surface area contributed by atoms with Crippen LogP contribution in [-0.4, -0.2) is 62.9 Å². The molecule has 7 nitrogen and oxygen atoms in total. The van der Waals surface area contributed by atoms with E-state index in [1.54, 1.807) is 4.68 Å². The van der Waals surface area contributed by atoms with Gasteiger partial charge < -0.3 is 10.2 Å². The number of tetrazole rings is 1. The molecule has 1 amide bonds. The number of hydrogen-bond donors (Lipinski definition) is 1. The van der Waals surface area contributed by atoms with Crippen molar-refractivity contribution in [2.24, 2.45) is 0 Å². The molecule has 0 spiro atoms. The number of carbonyl (C=O) groups excluding carboxylic acids is 1. The smallest absolute Gasteiger partial charge is 0.233 e. The van der Waals surface area contributed by atoms with Gasteiger partial charge in [0, 0.05) is 19.6 Å². The van der Waals surface area contributed by atoms with Crippen LogP contribution in [0.3, 0.4) is 0 Å². The molecule has 0 aliphatic carbocycles. The number of nitrogens with one attached hydrogen (secondary N) is 1. The standard InChI is InChI=1S/C13H24N6OS/c1-2-14-7-10-19-13(15-16-17-19)21-11-12(20)18-8-5-3-4-6-9-18/h14H,2-11H2,1H3. The average Bonchev–Trinajstić information content (AvgIpc) is 2.76. The fraction of sp³-hybridized carbons (Fsp3) is 0.846. The Balaban J connectivity index is 1.79. The van der Waals surface area contributed by atoms with Crippen LogP contribution in [0.1, 0.15) is 32.6 Å². The van der Waals surface area contributed by atoms with E-state index in [-0.39, 0.29) is 5.91 Å². The van der Waals surface area contributed by atoms with Gasteiger partial charge in [0.05, 0.1) is 12.3 Å². The van der Waals surface area contributed by atoms with Crippen LogP contribution in [0.25, 0.3) is 0 Å². The molecule has 1 N–H and O–H groups in total. The third kappa shape index (κ3) is 5.28. The van der Waals surface area contributed by atoms with Crippen molar-refractivity contribution in [1.82, 2.24) is 30.4 Å². The van der Waals surface area contributed by atoms with Crippen molar-refractivity contribution < 1.29 is 4.79 Å². The Morgan fingerprint density at radius 3 is 2.76 bits per heavy atom. The van der Waals surface area contributed by atoms with Crippen LogP contribution in [-0.2, 0) is 11.3 Å².